The van der Waals surface area contributed by atoms with E-state index in [2.05, 4.69) is 29.6 Å². The van der Waals surface area contributed by atoms with Crippen LogP contribution in [0.2, 0.25) is 0 Å². The molecule has 158 valence electrons. The van der Waals surface area contributed by atoms with Gasteiger partial charge in [0.1, 0.15) is 0 Å². The monoisotopic (exact) mass is 440 g/mol. The molecule has 0 saturated carbocycles. The Morgan fingerprint density at radius 3 is 2.27 bits per heavy atom. The average Bonchev–Trinajstić information content (AvgIpc) is 3.34. The van der Waals surface area contributed by atoms with E-state index in [0.29, 0.717) is 24.1 Å². The lowest BCUT2D eigenvalue weighted by Gasteiger charge is -2.32. The van der Waals surface area contributed by atoms with E-state index >= 15 is 0 Å². The second-order valence-corrected chi connectivity index (χ2v) is 10.5. The van der Waals surface area contributed by atoms with Gasteiger partial charge in [0.05, 0.1) is 4.58 Å². The highest BCUT2D eigenvalue weighted by molar-refractivity contribution is 8.19. The Morgan fingerprint density at radius 1 is 0.933 bits per heavy atom. The lowest BCUT2D eigenvalue weighted by atomic mass is 10.0. The number of benzene rings is 2. The zero-order chi connectivity index (χ0) is 20.8. The van der Waals surface area contributed by atoms with Gasteiger partial charge in [0.2, 0.25) is 5.91 Å². The third kappa shape index (κ3) is 5.61. The van der Waals surface area contributed by atoms with Crippen LogP contribution in [0.15, 0.2) is 54.6 Å². The summed E-state index contributed by atoms with van der Waals surface area (Å²) in [6, 6.07) is 18.4. The molecule has 2 amide bonds. The Balaban J connectivity index is 1.22. The molecule has 0 bridgehead atoms. The summed E-state index contributed by atoms with van der Waals surface area (Å²) in [5.41, 5.74) is 3.25. The fraction of sp³-hybridized carbons (Fsp3) is 0.417. The van der Waals surface area contributed by atoms with Crippen LogP contribution in [0.3, 0.4) is 0 Å². The van der Waals surface area contributed by atoms with Crippen LogP contribution in [0.1, 0.15) is 45.3 Å². The number of carbonyl (C=O) groups is 2. The van der Waals surface area contributed by atoms with E-state index in [4.69, 9.17) is 0 Å². The van der Waals surface area contributed by atoms with Crippen molar-refractivity contribution in [1.82, 2.24) is 10.2 Å². The van der Waals surface area contributed by atoms with Crippen LogP contribution in [0, 0.1) is 0 Å². The van der Waals surface area contributed by atoms with E-state index in [1.54, 1.807) is 0 Å². The Bertz CT molecular complexity index is 843. The zero-order valence-electron chi connectivity index (χ0n) is 17.1. The van der Waals surface area contributed by atoms with Gasteiger partial charge in [-0.05, 0) is 42.5 Å². The van der Waals surface area contributed by atoms with Crippen molar-refractivity contribution in [3.8, 4) is 0 Å². The molecule has 4 rings (SSSR count). The zero-order valence-corrected chi connectivity index (χ0v) is 18.7. The molecule has 1 N–H and O–H groups in total. The van der Waals surface area contributed by atoms with Gasteiger partial charge in [0.25, 0.3) is 5.91 Å². The number of nitrogens with zero attached hydrogens (tertiary/aromatic N) is 1. The molecular weight excluding hydrogens is 412 g/mol. The van der Waals surface area contributed by atoms with E-state index in [1.165, 1.54) is 22.6 Å². The predicted molar refractivity (Wildman–Crippen MR) is 126 cm³/mol. The third-order valence-corrected chi connectivity index (χ3v) is 8.79. The normalized spacial score (nSPS) is 17.8. The average molecular weight is 441 g/mol. The van der Waals surface area contributed by atoms with Crippen LogP contribution in [-0.2, 0) is 11.2 Å². The minimum atomic E-state index is 0.0990. The molecule has 2 saturated heterocycles. The number of likely N-dealkylation sites (tertiary alicyclic amines) is 1. The first-order valence-corrected chi connectivity index (χ1v) is 12.7. The summed E-state index contributed by atoms with van der Waals surface area (Å²) in [7, 11) is 0. The molecule has 0 radical (unpaired) electrons. The predicted octanol–water partition coefficient (Wildman–Crippen LogP) is 4.52. The maximum atomic E-state index is 12.8. The first-order valence-electron chi connectivity index (χ1n) is 10.6. The Kier molecular flexibility index (Phi) is 7.39. The number of thioether (sulfide) groups is 2. The summed E-state index contributed by atoms with van der Waals surface area (Å²) in [4.78, 5) is 27.0. The summed E-state index contributed by atoms with van der Waals surface area (Å²) in [5, 5.41) is 3.15. The fourth-order valence-corrected chi connectivity index (χ4v) is 6.80. The maximum absolute atomic E-state index is 12.8. The second-order valence-electron chi connectivity index (χ2n) is 7.82. The van der Waals surface area contributed by atoms with Crippen LogP contribution in [0.4, 0.5) is 0 Å². The molecule has 2 heterocycles. The van der Waals surface area contributed by atoms with Crippen molar-refractivity contribution >= 4 is 35.3 Å². The summed E-state index contributed by atoms with van der Waals surface area (Å²) in [5.74, 6) is 2.60. The molecule has 2 fully saturated rings. The number of hydrogen-bond donors (Lipinski definition) is 1. The highest BCUT2D eigenvalue weighted by atomic mass is 32.2. The van der Waals surface area contributed by atoms with Crippen molar-refractivity contribution in [2.45, 2.75) is 36.3 Å². The smallest absolute Gasteiger partial charge is 0.253 e. The van der Waals surface area contributed by atoms with E-state index in [9.17, 15) is 9.59 Å². The Morgan fingerprint density at radius 2 is 1.60 bits per heavy atom. The van der Waals surface area contributed by atoms with Gasteiger partial charge in [-0.1, -0.05) is 42.5 Å². The number of nitrogens with one attached hydrogen (secondary N) is 1. The van der Waals surface area contributed by atoms with E-state index < -0.39 is 0 Å². The molecule has 0 unspecified atom stereocenters. The van der Waals surface area contributed by atoms with Gasteiger partial charge in [-0.15, -0.1) is 23.5 Å². The molecular formula is C24H28N2O2S2. The largest absolute Gasteiger partial charge is 0.353 e. The van der Waals surface area contributed by atoms with Gasteiger partial charge < -0.3 is 10.2 Å². The number of rotatable bonds is 6. The van der Waals surface area contributed by atoms with Crippen LogP contribution in [0.5, 0.6) is 0 Å². The SMILES string of the molecule is O=C(CCc1ccccc1)NC1CCN(C(=O)c2ccc(C3SCCS3)cc2)CC1. The van der Waals surface area contributed by atoms with Crippen LogP contribution < -0.4 is 5.32 Å². The molecule has 0 aromatic heterocycles. The van der Waals surface area contributed by atoms with E-state index in [-0.39, 0.29) is 17.9 Å². The highest BCUT2D eigenvalue weighted by Gasteiger charge is 2.25. The minimum Gasteiger partial charge on any atom is -0.353 e. The molecule has 30 heavy (non-hydrogen) atoms. The summed E-state index contributed by atoms with van der Waals surface area (Å²) in [6.07, 6.45) is 2.90. The Hall–Kier alpha value is -1.92. The van der Waals surface area contributed by atoms with Crippen molar-refractivity contribution in [1.29, 1.82) is 0 Å². The van der Waals surface area contributed by atoms with Crippen molar-refractivity contribution in [3.63, 3.8) is 0 Å². The van der Waals surface area contributed by atoms with E-state index in [1.807, 2.05) is 58.8 Å². The number of piperidine rings is 1. The van der Waals surface area contributed by atoms with Crippen molar-refractivity contribution in [2.24, 2.45) is 0 Å². The molecule has 2 aromatic rings. The standard InChI is InChI=1S/C24H28N2O2S2/c27-22(11-6-18-4-2-1-3-5-18)25-21-12-14-26(15-13-21)23(28)19-7-9-20(10-8-19)24-29-16-17-30-24/h1-5,7-10,21,24H,6,11-17H2,(H,25,27). The molecule has 2 aliphatic heterocycles. The van der Waals surface area contributed by atoms with Gasteiger partial charge in [0, 0.05) is 42.6 Å². The molecule has 0 atom stereocenters. The summed E-state index contributed by atoms with van der Waals surface area (Å²) >= 11 is 3.96. The minimum absolute atomic E-state index is 0.0990. The number of aryl methyl sites for hydroxylation is 1. The maximum Gasteiger partial charge on any atom is 0.253 e. The van der Waals surface area contributed by atoms with Gasteiger partial charge in [0.15, 0.2) is 0 Å². The first kappa shape index (κ1) is 21.3. The van der Waals surface area contributed by atoms with Crippen molar-refractivity contribution in [2.75, 3.05) is 24.6 Å². The topological polar surface area (TPSA) is 49.4 Å². The van der Waals surface area contributed by atoms with Gasteiger partial charge >= 0.3 is 0 Å². The number of hydrogen-bond acceptors (Lipinski definition) is 4. The molecule has 2 aromatic carbocycles. The van der Waals surface area contributed by atoms with E-state index in [0.717, 1.165) is 24.8 Å². The fourth-order valence-electron chi connectivity index (χ4n) is 3.95. The van der Waals surface area contributed by atoms with Crippen LogP contribution in [0.25, 0.3) is 0 Å². The van der Waals surface area contributed by atoms with Gasteiger partial charge in [-0.3, -0.25) is 9.59 Å². The molecule has 0 spiro atoms. The van der Waals surface area contributed by atoms with Crippen molar-refractivity contribution < 1.29 is 9.59 Å². The molecule has 2 aliphatic rings. The Labute approximate surface area is 187 Å². The second kappa shape index (κ2) is 10.4. The molecule has 0 aliphatic carbocycles. The third-order valence-electron chi connectivity index (χ3n) is 5.68. The van der Waals surface area contributed by atoms with Gasteiger partial charge in [-0.25, -0.2) is 0 Å². The lowest BCUT2D eigenvalue weighted by molar-refractivity contribution is -0.122. The molecule has 4 nitrogen and oxygen atoms in total. The van der Waals surface area contributed by atoms with Crippen LogP contribution in [-0.4, -0.2) is 47.4 Å². The number of amides is 2. The summed E-state index contributed by atoms with van der Waals surface area (Å²) in [6.45, 7) is 1.39. The lowest BCUT2D eigenvalue weighted by Crippen LogP contribution is -2.46. The molecule has 6 heteroatoms. The van der Waals surface area contributed by atoms with Crippen LogP contribution >= 0.6 is 23.5 Å². The van der Waals surface area contributed by atoms with Crippen molar-refractivity contribution in [3.05, 3.63) is 71.3 Å². The first-order chi connectivity index (χ1) is 14.7. The summed E-state index contributed by atoms with van der Waals surface area (Å²) < 4.78 is 0.510. The quantitative estimate of drug-likeness (QED) is 0.718. The van der Waals surface area contributed by atoms with Gasteiger partial charge in [-0.2, -0.15) is 0 Å². The highest BCUT2D eigenvalue weighted by Crippen LogP contribution is 2.45. The number of carbonyl (C=O) groups excluding carboxylic acids is 2.